The number of hydrogen-bond acceptors (Lipinski definition) is 3. The van der Waals surface area contributed by atoms with Gasteiger partial charge in [0.25, 0.3) is 0 Å². The van der Waals surface area contributed by atoms with Crippen molar-refractivity contribution in [3.63, 3.8) is 0 Å². The summed E-state index contributed by atoms with van der Waals surface area (Å²) in [5, 5.41) is 5.96. The van der Waals surface area contributed by atoms with Gasteiger partial charge in [-0.1, -0.05) is 17.7 Å². The van der Waals surface area contributed by atoms with Crippen LogP contribution in [0.4, 0.5) is 10.5 Å². The van der Waals surface area contributed by atoms with Gasteiger partial charge in [-0.25, -0.2) is 4.79 Å². The molecular formula is C14H22ClN3O2. The summed E-state index contributed by atoms with van der Waals surface area (Å²) in [7, 11) is 0. The minimum absolute atomic E-state index is 0.325. The smallest absolute Gasteiger partial charge is 0.319 e. The highest BCUT2D eigenvalue weighted by molar-refractivity contribution is 6.34. The van der Waals surface area contributed by atoms with Crippen LogP contribution in [-0.2, 0) is 0 Å². The Kier molecular flexibility index (Phi) is 6.10. The fraction of sp³-hybridized carbons (Fsp3) is 0.500. The first-order valence-corrected chi connectivity index (χ1v) is 6.92. The number of hydrogen-bond donors (Lipinski definition) is 3. The van der Waals surface area contributed by atoms with E-state index in [-0.39, 0.29) is 11.6 Å². The zero-order chi connectivity index (χ0) is 15.2. The van der Waals surface area contributed by atoms with E-state index in [0.29, 0.717) is 29.6 Å². The first-order valence-electron chi connectivity index (χ1n) is 6.54. The van der Waals surface area contributed by atoms with Crippen molar-refractivity contribution in [1.29, 1.82) is 0 Å². The van der Waals surface area contributed by atoms with E-state index in [1.807, 2.05) is 20.8 Å². The van der Waals surface area contributed by atoms with Crippen LogP contribution >= 0.6 is 11.6 Å². The lowest BCUT2D eigenvalue weighted by atomic mass is 10.1. The molecule has 0 fully saturated rings. The van der Waals surface area contributed by atoms with Gasteiger partial charge in [-0.05, 0) is 45.9 Å². The summed E-state index contributed by atoms with van der Waals surface area (Å²) >= 11 is 6.11. The lowest BCUT2D eigenvalue weighted by Crippen LogP contribution is -2.43. The second-order valence-corrected chi connectivity index (χ2v) is 5.84. The van der Waals surface area contributed by atoms with Gasteiger partial charge in [-0.3, -0.25) is 0 Å². The van der Waals surface area contributed by atoms with Gasteiger partial charge in [-0.15, -0.1) is 0 Å². The molecule has 0 radical (unpaired) electrons. The second kappa shape index (κ2) is 7.36. The molecule has 20 heavy (non-hydrogen) atoms. The number of anilines is 1. The van der Waals surface area contributed by atoms with Gasteiger partial charge >= 0.3 is 6.03 Å². The summed E-state index contributed by atoms with van der Waals surface area (Å²) in [5.41, 5.74) is 5.56. The third kappa shape index (κ3) is 5.67. The van der Waals surface area contributed by atoms with Crippen LogP contribution < -0.4 is 21.1 Å². The molecule has 1 rings (SSSR count). The van der Waals surface area contributed by atoms with Crippen LogP contribution in [0.3, 0.4) is 0 Å². The predicted octanol–water partition coefficient (Wildman–Crippen LogP) is 2.99. The highest BCUT2D eigenvalue weighted by Gasteiger charge is 2.16. The first-order chi connectivity index (χ1) is 9.33. The number of ether oxygens (including phenoxy) is 1. The molecule has 2 amide bonds. The van der Waals surface area contributed by atoms with Gasteiger partial charge in [0, 0.05) is 5.54 Å². The van der Waals surface area contributed by atoms with Crippen molar-refractivity contribution in [1.82, 2.24) is 5.32 Å². The van der Waals surface area contributed by atoms with E-state index in [0.717, 1.165) is 6.42 Å². The van der Waals surface area contributed by atoms with Crippen LogP contribution in [0.25, 0.3) is 0 Å². The van der Waals surface area contributed by atoms with E-state index in [1.165, 1.54) is 0 Å². The third-order valence-electron chi connectivity index (χ3n) is 2.31. The Morgan fingerprint density at radius 2 is 2.10 bits per heavy atom. The third-order valence-corrected chi connectivity index (χ3v) is 2.62. The molecule has 0 aliphatic heterocycles. The standard InChI is InChI=1S/C14H22ClN3O2/c1-14(2,3)18-13(19)17-12-10(15)6-4-7-11(12)20-9-5-8-16/h4,6-7H,5,8-9,16H2,1-3H3,(H2,17,18,19). The Bertz CT molecular complexity index is 458. The Morgan fingerprint density at radius 1 is 1.40 bits per heavy atom. The minimum atomic E-state index is -0.327. The summed E-state index contributed by atoms with van der Waals surface area (Å²) in [5.74, 6) is 0.537. The van der Waals surface area contributed by atoms with Gasteiger partial charge in [0.05, 0.1) is 11.6 Å². The van der Waals surface area contributed by atoms with E-state index >= 15 is 0 Å². The van der Waals surface area contributed by atoms with Crippen molar-refractivity contribution in [2.24, 2.45) is 5.73 Å². The fourth-order valence-electron chi connectivity index (χ4n) is 1.50. The van der Waals surface area contributed by atoms with E-state index in [4.69, 9.17) is 22.1 Å². The lowest BCUT2D eigenvalue weighted by Gasteiger charge is -2.22. The van der Waals surface area contributed by atoms with Crippen LogP contribution in [0, 0.1) is 0 Å². The highest BCUT2D eigenvalue weighted by atomic mass is 35.5. The number of rotatable bonds is 5. The number of benzene rings is 1. The van der Waals surface area contributed by atoms with Crippen LogP contribution in [0.2, 0.25) is 5.02 Å². The Balaban J connectivity index is 2.79. The second-order valence-electron chi connectivity index (χ2n) is 5.43. The summed E-state index contributed by atoms with van der Waals surface area (Å²) in [6.45, 7) is 6.73. The molecule has 6 heteroatoms. The zero-order valence-corrected chi connectivity index (χ0v) is 12.9. The van der Waals surface area contributed by atoms with Crippen molar-refractivity contribution < 1.29 is 9.53 Å². The van der Waals surface area contributed by atoms with E-state index in [2.05, 4.69) is 10.6 Å². The zero-order valence-electron chi connectivity index (χ0n) is 12.1. The molecule has 0 heterocycles. The number of amides is 2. The first kappa shape index (κ1) is 16.6. The van der Waals surface area contributed by atoms with E-state index in [9.17, 15) is 4.79 Å². The molecule has 0 aromatic heterocycles. The number of carbonyl (C=O) groups excluding carboxylic acids is 1. The fourth-order valence-corrected chi connectivity index (χ4v) is 1.71. The molecule has 0 bridgehead atoms. The average molecular weight is 300 g/mol. The molecule has 0 aliphatic rings. The maximum Gasteiger partial charge on any atom is 0.319 e. The topological polar surface area (TPSA) is 76.4 Å². The van der Waals surface area contributed by atoms with Gasteiger partial charge in [-0.2, -0.15) is 0 Å². The summed E-state index contributed by atoms with van der Waals surface area (Å²) in [6.07, 6.45) is 0.736. The molecule has 0 saturated heterocycles. The maximum absolute atomic E-state index is 11.9. The SMILES string of the molecule is CC(C)(C)NC(=O)Nc1c(Cl)cccc1OCCCN. The monoisotopic (exact) mass is 299 g/mol. The lowest BCUT2D eigenvalue weighted by molar-refractivity contribution is 0.243. The quantitative estimate of drug-likeness (QED) is 0.732. The number of carbonyl (C=O) groups is 1. The Morgan fingerprint density at radius 3 is 2.70 bits per heavy atom. The molecule has 0 aliphatic carbocycles. The molecule has 1 aromatic rings. The van der Waals surface area contributed by atoms with Gasteiger partial charge in [0.1, 0.15) is 11.4 Å². The summed E-state index contributed by atoms with van der Waals surface area (Å²) in [4.78, 5) is 11.9. The van der Waals surface area contributed by atoms with Crippen LogP contribution in [0.5, 0.6) is 5.75 Å². The van der Waals surface area contributed by atoms with Gasteiger partial charge in [0.2, 0.25) is 0 Å². The maximum atomic E-state index is 11.9. The highest BCUT2D eigenvalue weighted by Crippen LogP contribution is 2.32. The van der Waals surface area contributed by atoms with Gasteiger partial charge in [0.15, 0.2) is 0 Å². The van der Waals surface area contributed by atoms with Crippen molar-refractivity contribution in [2.75, 3.05) is 18.5 Å². The molecule has 0 atom stereocenters. The average Bonchev–Trinajstić information content (AvgIpc) is 2.31. The number of para-hydroxylation sites is 1. The number of nitrogens with two attached hydrogens (primary N) is 1. The summed E-state index contributed by atoms with van der Waals surface area (Å²) in [6, 6.07) is 4.90. The number of halogens is 1. The minimum Gasteiger partial charge on any atom is -0.491 e. The van der Waals surface area contributed by atoms with Crippen molar-refractivity contribution in [3.8, 4) is 5.75 Å². The van der Waals surface area contributed by atoms with Crippen LogP contribution in [0.1, 0.15) is 27.2 Å². The van der Waals surface area contributed by atoms with Gasteiger partial charge < -0.3 is 21.1 Å². The molecule has 0 saturated carbocycles. The van der Waals surface area contributed by atoms with E-state index in [1.54, 1.807) is 18.2 Å². The molecule has 5 nitrogen and oxygen atoms in total. The largest absolute Gasteiger partial charge is 0.491 e. The molecule has 0 unspecified atom stereocenters. The molecule has 0 spiro atoms. The molecule has 4 N–H and O–H groups in total. The van der Waals surface area contributed by atoms with E-state index < -0.39 is 0 Å². The van der Waals surface area contributed by atoms with Crippen molar-refractivity contribution >= 4 is 23.3 Å². The predicted molar refractivity (Wildman–Crippen MR) is 82.5 cm³/mol. The van der Waals surface area contributed by atoms with Crippen molar-refractivity contribution in [3.05, 3.63) is 23.2 Å². The normalized spacial score (nSPS) is 11.1. The van der Waals surface area contributed by atoms with Crippen molar-refractivity contribution in [2.45, 2.75) is 32.7 Å². The number of nitrogens with one attached hydrogen (secondary N) is 2. The molecule has 1 aromatic carbocycles. The molecule has 112 valence electrons. The molecular weight excluding hydrogens is 278 g/mol. The Hall–Kier alpha value is -1.46. The van der Waals surface area contributed by atoms with Crippen LogP contribution in [-0.4, -0.2) is 24.7 Å². The van der Waals surface area contributed by atoms with Crippen LogP contribution in [0.15, 0.2) is 18.2 Å². The summed E-state index contributed by atoms with van der Waals surface area (Å²) < 4.78 is 5.58. The Labute approximate surface area is 124 Å². The number of urea groups is 1.